The minimum atomic E-state index is -0.795. The van der Waals surface area contributed by atoms with Gasteiger partial charge in [0.1, 0.15) is 5.60 Å². The Labute approximate surface area is 136 Å². The van der Waals surface area contributed by atoms with Crippen molar-refractivity contribution in [2.24, 2.45) is 0 Å². The van der Waals surface area contributed by atoms with Crippen molar-refractivity contribution in [3.63, 3.8) is 0 Å². The number of ether oxygens (including phenoxy) is 1. The molecule has 0 heterocycles. The predicted octanol–water partition coefficient (Wildman–Crippen LogP) is 3.12. The molecule has 0 spiro atoms. The molecule has 0 bridgehead atoms. The molecule has 0 saturated carbocycles. The second-order valence-corrected chi connectivity index (χ2v) is 6.61. The summed E-state index contributed by atoms with van der Waals surface area (Å²) < 4.78 is 5.06. The lowest BCUT2D eigenvalue weighted by atomic mass is 10.2. The van der Waals surface area contributed by atoms with E-state index in [1.54, 1.807) is 20.8 Å². The number of nitrogens with one attached hydrogen (secondary N) is 1. The van der Waals surface area contributed by atoms with E-state index in [0.29, 0.717) is 17.2 Å². The van der Waals surface area contributed by atoms with Gasteiger partial charge in [0.2, 0.25) is 0 Å². The number of hydrogen-bond acceptors (Lipinski definition) is 7. The zero-order valence-electron chi connectivity index (χ0n) is 12.9. The summed E-state index contributed by atoms with van der Waals surface area (Å²) in [5.74, 6) is 0.439. The monoisotopic (exact) mass is 343 g/mol. The van der Waals surface area contributed by atoms with Crippen molar-refractivity contribution in [3.05, 3.63) is 38.4 Å². The molecule has 1 N–H and O–H groups in total. The highest BCUT2D eigenvalue weighted by Gasteiger charge is 2.24. The predicted molar refractivity (Wildman–Crippen MR) is 84.7 cm³/mol. The van der Waals surface area contributed by atoms with Gasteiger partial charge in [0, 0.05) is 29.3 Å². The number of thioether (sulfide) groups is 1. The molecule has 0 aromatic heterocycles. The second-order valence-electron chi connectivity index (χ2n) is 5.44. The Balaban J connectivity index is 2.56. The first-order valence-corrected chi connectivity index (χ1v) is 7.61. The maximum atomic E-state index is 11.4. The quantitative estimate of drug-likeness (QED) is 0.364. The number of carbonyl (C=O) groups is 1. The average molecular weight is 343 g/mol. The maximum Gasteiger partial charge on any atom is 0.407 e. The van der Waals surface area contributed by atoms with Gasteiger partial charge in [-0.25, -0.2) is 4.79 Å². The van der Waals surface area contributed by atoms with Crippen LogP contribution in [0.15, 0.2) is 23.1 Å². The lowest BCUT2D eigenvalue weighted by Crippen LogP contribution is -2.33. The Bertz CT molecular complexity index is 614. The van der Waals surface area contributed by atoms with Gasteiger partial charge in [0.15, 0.2) is 0 Å². The van der Waals surface area contributed by atoms with Crippen LogP contribution < -0.4 is 5.32 Å². The molecule has 0 radical (unpaired) electrons. The van der Waals surface area contributed by atoms with Gasteiger partial charge in [0.05, 0.1) is 9.85 Å². The van der Waals surface area contributed by atoms with Gasteiger partial charge in [-0.15, -0.1) is 11.8 Å². The number of rotatable bonds is 6. The van der Waals surface area contributed by atoms with Crippen LogP contribution >= 0.6 is 11.8 Å². The number of nitro benzene ring substituents is 2. The summed E-state index contributed by atoms with van der Waals surface area (Å²) >= 11 is 1.24. The third kappa shape index (κ3) is 6.51. The van der Waals surface area contributed by atoms with E-state index in [0.717, 1.165) is 12.1 Å². The van der Waals surface area contributed by atoms with Gasteiger partial charge < -0.3 is 10.1 Å². The molecule has 9 nitrogen and oxygen atoms in total. The summed E-state index contributed by atoms with van der Waals surface area (Å²) in [6.45, 7) is 5.54. The first kappa shape index (κ1) is 18.7. The molecule has 1 rings (SSSR count). The summed E-state index contributed by atoms with van der Waals surface area (Å²) in [5.41, 5.74) is -1.69. The molecule has 23 heavy (non-hydrogen) atoms. The van der Waals surface area contributed by atoms with Crippen molar-refractivity contribution in [1.29, 1.82) is 0 Å². The highest BCUT2D eigenvalue weighted by atomic mass is 32.2. The van der Waals surface area contributed by atoms with Crippen LogP contribution in [0, 0.1) is 20.2 Å². The molecule has 0 fully saturated rings. The standard InChI is InChI=1S/C13H17N3O6S/c1-13(2,3)22-12(17)14-6-7-23-9-4-5-10(15(18)19)11(8-9)16(20)21/h4-5,8H,6-7H2,1-3H3,(H,14,17). The molecule has 0 atom stereocenters. The van der Waals surface area contributed by atoms with Crippen molar-refractivity contribution in [3.8, 4) is 0 Å². The topological polar surface area (TPSA) is 125 Å². The second kappa shape index (κ2) is 7.77. The number of carbonyl (C=O) groups excluding carboxylic acids is 1. The Morgan fingerprint density at radius 2 is 1.83 bits per heavy atom. The van der Waals surface area contributed by atoms with Gasteiger partial charge >= 0.3 is 17.5 Å². The van der Waals surface area contributed by atoms with Crippen LogP contribution in [0.3, 0.4) is 0 Å². The van der Waals surface area contributed by atoms with Crippen LogP contribution in [-0.4, -0.2) is 33.8 Å². The summed E-state index contributed by atoms with van der Waals surface area (Å²) in [5, 5.41) is 24.1. The van der Waals surface area contributed by atoms with Crippen LogP contribution in [0.1, 0.15) is 20.8 Å². The molecule has 0 unspecified atom stereocenters. The van der Waals surface area contributed by atoms with Crippen molar-refractivity contribution in [1.82, 2.24) is 5.32 Å². The summed E-state index contributed by atoms with van der Waals surface area (Å²) in [6.07, 6.45) is -0.548. The zero-order chi connectivity index (χ0) is 17.6. The molecule has 0 aliphatic carbocycles. The van der Waals surface area contributed by atoms with Crippen molar-refractivity contribution in [2.45, 2.75) is 31.3 Å². The number of alkyl carbamates (subject to hydrolysis) is 1. The van der Waals surface area contributed by atoms with E-state index in [1.807, 2.05) is 0 Å². The Morgan fingerprint density at radius 3 is 2.35 bits per heavy atom. The molecule has 1 aromatic rings. The Morgan fingerprint density at radius 1 is 1.22 bits per heavy atom. The fraction of sp³-hybridized carbons (Fsp3) is 0.462. The SMILES string of the molecule is CC(C)(C)OC(=O)NCCSc1ccc([N+](=O)[O-])c([N+](=O)[O-])c1. The van der Waals surface area contributed by atoms with E-state index in [4.69, 9.17) is 4.74 Å². The summed E-state index contributed by atoms with van der Waals surface area (Å²) in [6, 6.07) is 3.68. The van der Waals surface area contributed by atoms with E-state index < -0.39 is 32.9 Å². The highest BCUT2D eigenvalue weighted by molar-refractivity contribution is 7.99. The van der Waals surface area contributed by atoms with E-state index in [2.05, 4.69) is 5.32 Å². The fourth-order valence-electron chi connectivity index (χ4n) is 1.53. The first-order chi connectivity index (χ1) is 10.6. The van der Waals surface area contributed by atoms with Crippen LogP contribution in [0.5, 0.6) is 0 Å². The molecule has 0 aliphatic rings. The number of hydrogen-bond donors (Lipinski definition) is 1. The number of amides is 1. The van der Waals surface area contributed by atoms with E-state index in [1.165, 1.54) is 17.8 Å². The van der Waals surface area contributed by atoms with Gasteiger partial charge in [0.25, 0.3) is 0 Å². The maximum absolute atomic E-state index is 11.4. The van der Waals surface area contributed by atoms with Gasteiger partial charge in [-0.05, 0) is 26.8 Å². The molecule has 126 valence electrons. The number of benzene rings is 1. The van der Waals surface area contributed by atoms with E-state index in [-0.39, 0.29) is 0 Å². The fourth-order valence-corrected chi connectivity index (χ4v) is 2.33. The Kier molecular flexibility index (Phi) is 6.31. The smallest absolute Gasteiger partial charge is 0.407 e. The van der Waals surface area contributed by atoms with Crippen molar-refractivity contribution in [2.75, 3.05) is 12.3 Å². The third-order valence-electron chi connectivity index (χ3n) is 2.38. The third-order valence-corrected chi connectivity index (χ3v) is 3.37. The number of nitro groups is 2. The molecule has 10 heteroatoms. The highest BCUT2D eigenvalue weighted by Crippen LogP contribution is 2.31. The van der Waals surface area contributed by atoms with Crippen LogP contribution in [0.4, 0.5) is 16.2 Å². The minimum Gasteiger partial charge on any atom is -0.444 e. The largest absolute Gasteiger partial charge is 0.444 e. The zero-order valence-corrected chi connectivity index (χ0v) is 13.7. The lowest BCUT2D eigenvalue weighted by Gasteiger charge is -2.19. The van der Waals surface area contributed by atoms with Crippen LogP contribution in [0.25, 0.3) is 0 Å². The molecule has 0 saturated heterocycles. The lowest BCUT2D eigenvalue weighted by molar-refractivity contribution is -0.422. The Hall–Kier alpha value is -2.36. The van der Waals surface area contributed by atoms with E-state index in [9.17, 15) is 25.0 Å². The molecular formula is C13H17N3O6S. The van der Waals surface area contributed by atoms with E-state index >= 15 is 0 Å². The summed E-state index contributed by atoms with van der Waals surface area (Å²) in [4.78, 5) is 31.9. The van der Waals surface area contributed by atoms with Crippen molar-refractivity contribution >= 4 is 29.2 Å². The van der Waals surface area contributed by atoms with Gasteiger partial charge in [-0.1, -0.05) is 0 Å². The van der Waals surface area contributed by atoms with Gasteiger partial charge in [-0.2, -0.15) is 0 Å². The molecule has 0 aliphatic heterocycles. The summed E-state index contributed by atoms with van der Waals surface area (Å²) in [7, 11) is 0. The molecular weight excluding hydrogens is 326 g/mol. The minimum absolute atomic E-state index is 0.296. The average Bonchev–Trinajstić information content (AvgIpc) is 2.41. The first-order valence-electron chi connectivity index (χ1n) is 6.62. The molecule has 1 amide bonds. The van der Waals surface area contributed by atoms with Crippen molar-refractivity contribution < 1.29 is 19.4 Å². The van der Waals surface area contributed by atoms with Crippen LogP contribution in [0.2, 0.25) is 0 Å². The van der Waals surface area contributed by atoms with Gasteiger partial charge in [-0.3, -0.25) is 20.2 Å². The van der Waals surface area contributed by atoms with Crippen LogP contribution in [-0.2, 0) is 4.74 Å². The molecule has 1 aromatic carbocycles. The normalized spacial score (nSPS) is 10.9. The number of nitrogens with zero attached hydrogens (tertiary/aromatic N) is 2.